The summed E-state index contributed by atoms with van der Waals surface area (Å²) in [4.78, 5) is 44.2. The van der Waals surface area contributed by atoms with Crippen LogP contribution in [0.1, 0.15) is 20.7 Å². The van der Waals surface area contributed by atoms with Crippen LogP contribution in [0.5, 0.6) is 0 Å². The lowest BCUT2D eigenvalue weighted by molar-refractivity contribution is -0.0994. The minimum Gasteiger partial charge on any atom is -0.394 e. The zero-order valence-electron chi connectivity index (χ0n) is 17.5. The Balaban J connectivity index is 1.99. The first-order valence-corrected chi connectivity index (χ1v) is 10.9. The molecule has 4 rings (SSSR count). The molecule has 0 bridgehead atoms. The molecule has 0 amide bonds. The lowest BCUT2D eigenvalue weighted by atomic mass is 9.80. The quantitative estimate of drug-likeness (QED) is 0.432. The van der Waals surface area contributed by atoms with Gasteiger partial charge in [-0.1, -0.05) is 23.2 Å². The largest absolute Gasteiger partial charge is 0.394 e. The highest BCUT2D eigenvalue weighted by atomic mass is 35.5. The van der Waals surface area contributed by atoms with E-state index in [-0.39, 0.29) is 16.9 Å². The molecule has 1 aliphatic heterocycles. The molecule has 0 aliphatic carbocycles. The fourth-order valence-corrected chi connectivity index (χ4v) is 4.33. The van der Waals surface area contributed by atoms with Crippen LogP contribution in [-0.2, 0) is 10.5 Å². The van der Waals surface area contributed by atoms with Crippen LogP contribution < -0.4 is 11.4 Å². The molecule has 2 heterocycles. The Kier molecular flexibility index (Phi) is 6.57. The molecule has 1 unspecified atom stereocenters. The van der Waals surface area contributed by atoms with E-state index in [4.69, 9.17) is 33.7 Å². The number of hydrogen-bond donors (Lipinski definition) is 3. The first kappa shape index (κ1) is 24.1. The highest BCUT2D eigenvalue weighted by Gasteiger charge is 2.63. The van der Waals surface area contributed by atoms with E-state index in [1.54, 1.807) is 0 Å². The lowest BCUT2D eigenvalue weighted by Crippen LogP contribution is -2.55. The van der Waals surface area contributed by atoms with Gasteiger partial charge in [-0.05, 0) is 54.6 Å². The molecule has 3 aromatic rings. The number of benzene rings is 2. The zero-order valence-corrected chi connectivity index (χ0v) is 19.0. The van der Waals surface area contributed by atoms with Gasteiger partial charge in [0.1, 0.15) is 17.8 Å². The molecule has 9 nitrogen and oxygen atoms in total. The summed E-state index contributed by atoms with van der Waals surface area (Å²) in [7, 11) is 0. The maximum Gasteiger partial charge on any atom is 0.352 e. The van der Waals surface area contributed by atoms with E-state index in [1.165, 1.54) is 54.6 Å². The van der Waals surface area contributed by atoms with Gasteiger partial charge < -0.3 is 20.7 Å². The summed E-state index contributed by atoms with van der Waals surface area (Å²) < 4.78 is 6.71. The van der Waals surface area contributed by atoms with Crippen LogP contribution in [0.25, 0.3) is 0 Å². The fourth-order valence-electron chi connectivity index (χ4n) is 4.08. The molecular formula is C23H19Cl2N3O6. The smallest absolute Gasteiger partial charge is 0.352 e. The Morgan fingerprint density at radius 2 is 1.59 bits per heavy atom. The second kappa shape index (κ2) is 9.28. The summed E-state index contributed by atoms with van der Waals surface area (Å²) in [5.41, 5.74) is 2.42. The second-order valence-electron chi connectivity index (χ2n) is 7.72. The van der Waals surface area contributed by atoms with Crippen molar-refractivity contribution in [3.63, 3.8) is 0 Å². The minimum atomic E-state index is -2.38. The monoisotopic (exact) mass is 503 g/mol. The molecular weight excluding hydrogens is 485 g/mol. The number of aromatic nitrogens is 2. The molecule has 1 saturated heterocycles. The summed E-state index contributed by atoms with van der Waals surface area (Å²) in [5, 5.41) is 21.6. The first-order valence-electron chi connectivity index (χ1n) is 10.1. The van der Waals surface area contributed by atoms with Gasteiger partial charge in [0, 0.05) is 27.4 Å². The maximum absolute atomic E-state index is 14.0. The van der Waals surface area contributed by atoms with E-state index in [0.29, 0.717) is 10.0 Å². The first-order chi connectivity index (χ1) is 16.2. The highest BCUT2D eigenvalue weighted by Crippen LogP contribution is 2.44. The molecule has 0 radical (unpaired) electrons. The Bertz CT molecular complexity index is 1300. The predicted molar refractivity (Wildman–Crippen MR) is 124 cm³/mol. The molecule has 4 N–H and O–H groups in total. The van der Waals surface area contributed by atoms with E-state index < -0.39 is 47.7 Å². The highest BCUT2D eigenvalue weighted by molar-refractivity contribution is 6.31. The number of nitrogens with two attached hydrogens (primary N) is 1. The van der Waals surface area contributed by atoms with Crippen molar-refractivity contribution in [2.75, 3.05) is 12.3 Å². The third-order valence-corrected chi connectivity index (χ3v) is 6.18. The average molecular weight is 504 g/mol. The number of carbonyl (C=O) groups is 2. The molecule has 0 saturated carbocycles. The molecule has 11 heteroatoms. The van der Waals surface area contributed by atoms with Crippen molar-refractivity contribution in [1.82, 2.24) is 9.55 Å². The van der Waals surface area contributed by atoms with Crippen molar-refractivity contribution < 1.29 is 24.5 Å². The summed E-state index contributed by atoms with van der Waals surface area (Å²) in [6, 6.07) is 12.7. The minimum absolute atomic E-state index is 0.0489. The SMILES string of the molecule is Nc1ccn([C@]2(C(=O)c3ccc(Cl)cc3)O[C@H](CO)[C@@H](O)C2C(=O)c2ccc(Cl)cc2)c(=O)n1. The molecule has 4 atom stereocenters. The number of rotatable bonds is 6. The van der Waals surface area contributed by atoms with E-state index in [2.05, 4.69) is 4.98 Å². The van der Waals surface area contributed by atoms with E-state index in [1.807, 2.05) is 0 Å². The number of aliphatic hydroxyl groups excluding tert-OH is 2. The number of aliphatic hydroxyl groups is 2. The van der Waals surface area contributed by atoms with Crippen molar-refractivity contribution in [2.45, 2.75) is 17.9 Å². The van der Waals surface area contributed by atoms with Crippen molar-refractivity contribution in [2.24, 2.45) is 5.92 Å². The Labute approximate surface area is 203 Å². The van der Waals surface area contributed by atoms with Crippen molar-refractivity contribution in [3.8, 4) is 0 Å². The van der Waals surface area contributed by atoms with E-state index >= 15 is 0 Å². The standard InChI is InChI=1S/C23H19Cl2N3O6/c24-14-5-1-12(2-6-14)19(30)18-20(31)16(11-29)34-23(18,28-10-9-17(26)27-22(28)33)21(32)13-3-7-15(25)8-4-13/h1-10,16,18,20,29,31H,11H2,(H2,26,27,33)/t16-,18?,20-,23+/m1/s1. The van der Waals surface area contributed by atoms with Gasteiger partial charge in [0.25, 0.3) is 0 Å². The van der Waals surface area contributed by atoms with Crippen LogP contribution in [0.4, 0.5) is 5.82 Å². The topological polar surface area (TPSA) is 145 Å². The third kappa shape index (κ3) is 4.02. The molecule has 176 valence electrons. The molecule has 0 spiro atoms. The van der Waals surface area contributed by atoms with Gasteiger partial charge >= 0.3 is 5.69 Å². The molecule has 2 aromatic carbocycles. The van der Waals surface area contributed by atoms with Gasteiger partial charge in [0.05, 0.1) is 12.7 Å². The van der Waals surface area contributed by atoms with Gasteiger partial charge in [-0.3, -0.25) is 14.2 Å². The van der Waals surface area contributed by atoms with Crippen molar-refractivity contribution in [3.05, 3.63) is 92.5 Å². The van der Waals surface area contributed by atoms with Crippen LogP contribution >= 0.6 is 23.2 Å². The molecule has 34 heavy (non-hydrogen) atoms. The number of anilines is 1. The number of ether oxygens (including phenoxy) is 1. The molecule has 1 aromatic heterocycles. The number of Topliss-reactive ketones (excluding diaryl/α,β-unsaturated/α-hetero) is 2. The van der Waals surface area contributed by atoms with Gasteiger partial charge in [0.2, 0.25) is 11.5 Å². The maximum atomic E-state index is 14.0. The Morgan fingerprint density at radius 3 is 2.12 bits per heavy atom. The van der Waals surface area contributed by atoms with Gasteiger partial charge in [-0.15, -0.1) is 0 Å². The summed E-state index contributed by atoms with van der Waals surface area (Å²) >= 11 is 11.9. The number of hydrogen-bond acceptors (Lipinski definition) is 8. The lowest BCUT2D eigenvalue weighted by Gasteiger charge is -2.34. The van der Waals surface area contributed by atoms with E-state index in [0.717, 1.165) is 10.8 Å². The van der Waals surface area contributed by atoms with Gasteiger partial charge in [-0.25, -0.2) is 4.79 Å². The molecule has 1 fully saturated rings. The number of halogens is 2. The summed E-state index contributed by atoms with van der Waals surface area (Å²) in [6.45, 7) is -0.724. The second-order valence-corrected chi connectivity index (χ2v) is 8.59. The predicted octanol–water partition coefficient (Wildman–Crippen LogP) is 1.92. The average Bonchev–Trinajstić information content (AvgIpc) is 3.12. The third-order valence-electron chi connectivity index (χ3n) is 5.68. The van der Waals surface area contributed by atoms with Crippen LogP contribution in [0.15, 0.2) is 65.6 Å². The van der Waals surface area contributed by atoms with Gasteiger partial charge in [0.15, 0.2) is 5.78 Å². The Hall–Kier alpha value is -3.08. The zero-order chi connectivity index (χ0) is 24.6. The normalized spacial score (nSPS) is 24.2. The number of nitrogens with zero attached hydrogens (tertiary/aromatic N) is 2. The summed E-state index contributed by atoms with van der Waals surface area (Å²) in [6.07, 6.45) is -1.84. The number of carbonyl (C=O) groups excluding carboxylic acids is 2. The number of nitrogen functional groups attached to an aromatic ring is 1. The van der Waals surface area contributed by atoms with Crippen LogP contribution in [0, 0.1) is 5.92 Å². The van der Waals surface area contributed by atoms with Crippen molar-refractivity contribution in [1.29, 1.82) is 0 Å². The Morgan fingerprint density at radius 1 is 1.03 bits per heavy atom. The van der Waals surface area contributed by atoms with Crippen LogP contribution in [-0.4, -0.2) is 50.1 Å². The van der Waals surface area contributed by atoms with Crippen LogP contribution in [0.2, 0.25) is 10.0 Å². The van der Waals surface area contributed by atoms with Crippen LogP contribution in [0.3, 0.4) is 0 Å². The fraction of sp³-hybridized carbons (Fsp3) is 0.217. The van der Waals surface area contributed by atoms with Gasteiger partial charge in [-0.2, -0.15) is 4.98 Å². The number of ketones is 2. The summed E-state index contributed by atoms with van der Waals surface area (Å²) in [5.74, 6) is -3.27. The van der Waals surface area contributed by atoms with Crippen molar-refractivity contribution >= 4 is 40.6 Å². The molecule has 1 aliphatic rings. The van der Waals surface area contributed by atoms with E-state index in [9.17, 15) is 24.6 Å².